The molecule has 0 bridgehead atoms. The van der Waals surface area contributed by atoms with E-state index in [4.69, 9.17) is 11.6 Å². The number of amides is 2. The van der Waals surface area contributed by atoms with Gasteiger partial charge in [-0.05, 0) is 61.7 Å². The lowest BCUT2D eigenvalue weighted by Gasteiger charge is -2.32. The number of rotatable bonds is 9. The molecule has 0 spiro atoms. The lowest BCUT2D eigenvalue weighted by Crippen LogP contribution is -2.52. The quantitative estimate of drug-likeness (QED) is 0.558. The molecule has 34 heavy (non-hydrogen) atoms. The van der Waals surface area contributed by atoms with Crippen LogP contribution in [0.5, 0.6) is 0 Å². The predicted octanol–water partition coefficient (Wildman–Crippen LogP) is 3.72. The highest BCUT2D eigenvalue weighted by atomic mass is 35.5. The van der Waals surface area contributed by atoms with Crippen LogP contribution in [0.1, 0.15) is 38.2 Å². The molecule has 1 N–H and O–H groups in total. The van der Waals surface area contributed by atoms with Gasteiger partial charge in [0.25, 0.3) is 0 Å². The molecule has 10 heteroatoms. The number of hydrogen-bond donors (Lipinski definition) is 1. The average Bonchev–Trinajstić information content (AvgIpc) is 3.29. The van der Waals surface area contributed by atoms with Gasteiger partial charge >= 0.3 is 0 Å². The van der Waals surface area contributed by atoms with Crippen LogP contribution in [-0.4, -0.2) is 50.0 Å². The molecule has 3 rings (SSSR count). The minimum absolute atomic E-state index is 0.0779. The SMILES string of the molecule is C[C@H](C(=O)NC1CCCC1)N(Cc1ccc(Cl)cc1)C(=O)CN(c1ccc(F)cc1)S(C)(=O)=O. The Morgan fingerprint density at radius 1 is 1.09 bits per heavy atom. The van der Waals surface area contributed by atoms with E-state index in [2.05, 4.69) is 5.32 Å². The van der Waals surface area contributed by atoms with Crippen LogP contribution in [0.25, 0.3) is 0 Å². The molecule has 7 nitrogen and oxygen atoms in total. The van der Waals surface area contributed by atoms with E-state index < -0.39 is 34.3 Å². The Labute approximate surface area is 204 Å². The fraction of sp³-hybridized carbons (Fsp3) is 0.417. The number of nitrogens with zero attached hydrogens (tertiary/aromatic N) is 2. The summed E-state index contributed by atoms with van der Waals surface area (Å²) in [6.45, 7) is 1.19. The summed E-state index contributed by atoms with van der Waals surface area (Å²) in [7, 11) is -3.86. The molecule has 2 amide bonds. The molecule has 184 valence electrons. The third-order valence-corrected chi connectivity index (χ3v) is 7.32. The molecule has 2 aromatic rings. The molecule has 1 fully saturated rings. The predicted molar refractivity (Wildman–Crippen MR) is 130 cm³/mol. The van der Waals surface area contributed by atoms with Crippen LogP contribution >= 0.6 is 11.6 Å². The highest BCUT2D eigenvalue weighted by Gasteiger charge is 2.31. The van der Waals surface area contributed by atoms with Crippen LogP contribution in [0, 0.1) is 5.82 Å². The number of halogens is 2. The van der Waals surface area contributed by atoms with Crippen molar-refractivity contribution < 1.29 is 22.4 Å². The first-order valence-electron chi connectivity index (χ1n) is 11.1. The number of carbonyl (C=O) groups is 2. The molecule has 0 aromatic heterocycles. The molecule has 1 aliphatic carbocycles. The molecular formula is C24H29ClFN3O4S. The van der Waals surface area contributed by atoms with Crippen molar-refractivity contribution >= 4 is 39.1 Å². The molecule has 1 saturated carbocycles. The molecule has 1 atom stereocenters. The Morgan fingerprint density at radius 2 is 1.68 bits per heavy atom. The van der Waals surface area contributed by atoms with Gasteiger partial charge in [-0.1, -0.05) is 36.6 Å². The van der Waals surface area contributed by atoms with Crippen LogP contribution in [0.4, 0.5) is 10.1 Å². The van der Waals surface area contributed by atoms with Gasteiger partial charge in [-0.3, -0.25) is 13.9 Å². The van der Waals surface area contributed by atoms with Crippen LogP contribution in [0.15, 0.2) is 48.5 Å². The second kappa shape index (κ2) is 11.2. The van der Waals surface area contributed by atoms with Gasteiger partial charge < -0.3 is 10.2 Å². The smallest absolute Gasteiger partial charge is 0.244 e. The molecule has 2 aromatic carbocycles. The van der Waals surface area contributed by atoms with Crippen molar-refractivity contribution in [3.63, 3.8) is 0 Å². The first-order chi connectivity index (χ1) is 16.0. The summed E-state index contributed by atoms with van der Waals surface area (Å²) in [6.07, 6.45) is 4.87. The Hall–Kier alpha value is -2.65. The Balaban J connectivity index is 1.86. The molecule has 0 unspecified atom stereocenters. The van der Waals surface area contributed by atoms with Crippen LogP contribution in [-0.2, 0) is 26.2 Å². The molecule has 1 aliphatic rings. The normalized spacial score (nSPS) is 15.1. The number of carbonyl (C=O) groups excluding carboxylic acids is 2. The second-order valence-electron chi connectivity index (χ2n) is 8.56. The average molecular weight is 510 g/mol. The van der Waals surface area contributed by atoms with Gasteiger partial charge in [-0.2, -0.15) is 0 Å². The fourth-order valence-electron chi connectivity index (χ4n) is 3.98. The van der Waals surface area contributed by atoms with Crippen molar-refractivity contribution in [1.29, 1.82) is 0 Å². The Bertz CT molecular complexity index is 1100. The van der Waals surface area contributed by atoms with Gasteiger partial charge in [0.1, 0.15) is 18.4 Å². The van der Waals surface area contributed by atoms with Gasteiger partial charge in [-0.15, -0.1) is 0 Å². The zero-order chi connectivity index (χ0) is 24.9. The zero-order valence-corrected chi connectivity index (χ0v) is 20.8. The number of benzene rings is 2. The fourth-order valence-corrected chi connectivity index (χ4v) is 4.96. The molecular weight excluding hydrogens is 481 g/mol. The van der Waals surface area contributed by atoms with E-state index in [0.717, 1.165) is 53.9 Å². The lowest BCUT2D eigenvalue weighted by atomic mass is 10.1. The van der Waals surface area contributed by atoms with E-state index in [1.54, 1.807) is 31.2 Å². The van der Waals surface area contributed by atoms with E-state index >= 15 is 0 Å². The van der Waals surface area contributed by atoms with Crippen molar-refractivity contribution in [2.45, 2.75) is 51.2 Å². The maximum Gasteiger partial charge on any atom is 0.244 e. The van der Waals surface area contributed by atoms with Crippen molar-refractivity contribution in [2.75, 3.05) is 17.1 Å². The molecule has 0 saturated heterocycles. The van der Waals surface area contributed by atoms with E-state index in [1.807, 2.05) is 0 Å². The number of hydrogen-bond acceptors (Lipinski definition) is 4. The highest BCUT2D eigenvalue weighted by molar-refractivity contribution is 7.92. The van der Waals surface area contributed by atoms with Crippen LogP contribution in [0.3, 0.4) is 0 Å². The Morgan fingerprint density at radius 3 is 2.24 bits per heavy atom. The first-order valence-corrected chi connectivity index (χ1v) is 13.3. The molecule has 0 aliphatic heterocycles. The number of sulfonamides is 1. The summed E-state index contributed by atoms with van der Waals surface area (Å²) in [5.41, 5.74) is 0.901. The van der Waals surface area contributed by atoms with E-state index in [1.165, 1.54) is 17.0 Å². The summed E-state index contributed by atoms with van der Waals surface area (Å²) in [6, 6.07) is 11.0. The van der Waals surface area contributed by atoms with Gasteiger partial charge in [0.15, 0.2) is 0 Å². The minimum Gasteiger partial charge on any atom is -0.352 e. The maximum absolute atomic E-state index is 13.4. The van der Waals surface area contributed by atoms with Crippen molar-refractivity contribution in [1.82, 2.24) is 10.2 Å². The Kier molecular flexibility index (Phi) is 8.54. The number of anilines is 1. The van der Waals surface area contributed by atoms with Crippen molar-refractivity contribution in [3.8, 4) is 0 Å². The summed E-state index contributed by atoms with van der Waals surface area (Å²) in [5.74, 6) is -1.37. The standard InChI is InChI=1S/C24H29ClFN3O4S/c1-17(24(31)27-21-5-3-4-6-21)28(15-18-7-9-19(25)10-8-18)23(30)16-29(34(2,32)33)22-13-11-20(26)12-14-22/h7-14,17,21H,3-6,15-16H2,1-2H3,(H,27,31)/t17-/m1/s1. The second-order valence-corrected chi connectivity index (χ2v) is 10.9. The van der Waals surface area contributed by atoms with Gasteiger partial charge in [-0.25, -0.2) is 12.8 Å². The molecule has 0 heterocycles. The van der Waals surface area contributed by atoms with Crippen LogP contribution < -0.4 is 9.62 Å². The van der Waals surface area contributed by atoms with E-state index in [-0.39, 0.29) is 24.2 Å². The van der Waals surface area contributed by atoms with Gasteiger partial charge in [0.05, 0.1) is 11.9 Å². The molecule has 0 radical (unpaired) electrons. The topological polar surface area (TPSA) is 86.8 Å². The largest absolute Gasteiger partial charge is 0.352 e. The summed E-state index contributed by atoms with van der Waals surface area (Å²) < 4.78 is 39.2. The summed E-state index contributed by atoms with van der Waals surface area (Å²) >= 11 is 5.97. The van der Waals surface area contributed by atoms with Gasteiger partial charge in [0, 0.05) is 17.6 Å². The summed E-state index contributed by atoms with van der Waals surface area (Å²) in [5, 5.41) is 3.54. The zero-order valence-electron chi connectivity index (χ0n) is 19.2. The first kappa shape index (κ1) is 26.0. The van der Waals surface area contributed by atoms with E-state index in [9.17, 15) is 22.4 Å². The maximum atomic E-state index is 13.4. The third kappa shape index (κ3) is 6.93. The summed E-state index contributed by atoms with van der Waals surface area (Å²) in [4.78, 5) is 27.8. The number of nitrogens with one attached hydrogen (secondary N) is 1. The van der Waals surface area contributed by atoms with Gasteiger partial charge in [0.2, 0.25) is 21.8 Å². The highest BCUT2D eigenvalue weighted by Crippen LogP contribution is 2.21. The van der Waals surface area contributed by atoms with Crippen molar-refractivity contribution in [3.05, 3.63) is 64.9 Å². The lowest BCUT2D eigenvalue weighted by molar-refractivity contribution is -0.139. The van der Waals surface area contributed by atoms with Crippen LogP contribution in [0.2, 0.25) is 5.02 Å². The monoisotopic (exact) mass is 509 g/mol. The van der Waals surface area contributed by atoms with E-state index in [0.29, 0.717) is 5.02 Å². The van der Waals surface area contributed by atoms with Crippen molar-refractivity contribution in [2.24, 2.45) is 0 Å². The minimum atomic E-state index is -3.86. The third-order valence-electron chi connectivity index (χ3n) is 5.93.